The molecule has 1 aromatic carbocycles. The summed E-state index contributed by atoms with van der Waals surface area (Å²) < 4.78 is 11.7. The summed E-state index contributed by atoms with van der Waals surface area (Å²) in [6, 6.07) is 10.6. The summed E-state index contributed by atoms with van der Waals surface area (Å²) in [5.41, 5.74) is 2.50. The van der Waals surface area contributed by atoms with E-state index in [9.17, 15) is 0 Å². The van der Waals surface area contributed by atoms with E-state index in [1.165, 1.54) is 41.9 Å². The van der Waals surface area contributed by atoms with E-state index < -0.39 is 0 Å². The molecule has 0 N–H and O–H groups in total. The zero-order valence-corrected chi connectivity index (χ0v) is 16.1. The molecule has 26 heavy (non-hydrogen) atoms. The number of thiazole rings is 1. The standard InChI is InChI=1S/C21H28N2O2S/c1-2-6-17(7-3-1)12-21-22-18(16-26-21)13-23(14-19-8-4-10-24-19)15-20-9-5-11-25-20/h1-3,6-7,16,19-20H,4-5,8-15H2/t19-,20+. The van der Waals surface area contributed by atoms with Crippen molar-refractivity contribution in [2.45, 2.75) is 50.9 Å². The Kier molecular flexibility index (Phi) is 6.33. The molecule has 4 rings (SSSR count). The van der Waals surface area contributed by atoms with Gasteiger partial charge in [-0.1, -0.05) is 30.3 Å². The van der Waals surface area contributed by atoms with Gasteiger partial charge in [0.1, 0.15) is 0 Å². The van der Waals surface area contributed by atoms with Crippen LogP contribution < -0.4 is 0 Å². The second kappa shape index (κ2) is 9.09. The highest BCUT2D eigenvalue weighted by Crippen LogP contribution is 2.20. The van der Waals surface area contributed by atoms with E-state index in [0.29, 0.717) is 12.2 Å². The lowest BCUT2D eigenvalue weighted by atomic mass is 10.2. The van der Waals surface area contributed by atoms with Crippen molar-refractivity contribution in [3.63, 3.8) is 0 Å². The molecular weight excluding hydrogens is 344 g/mol. The maximum absolute atomic E-state index is 5.87. The van der Waals surface area contributed by atoms with Crippen molar-refractivity contribution in [1.82, 2.24) is 9.88 Å². The smallest absolute Gasteiger partial charge is 0.0972 e. The highest BCUT2D eigenvalue weighted by atomic mass is 32.1. The van der Waals surface area contributed by atoms with E-state index in [4.69, 9.17) is 14.5 Å². The lowest BCUT2D eigenvalue weighted by molar-refractivity contribution is 0.0342. The number of benzene rings is 1. The highest BCUT2D eigenvalue weighted by Gasteiger charge is 2.24. The topological polar surface area (TPSA) is 34.6 Å². The number of hydrogen-bond donors (Lipinski definition) is 0. The molecule has 2 aliphatic heterocycles. The summed E-state index contributed by atoms with van der Waals surface area (Å²) in [5, 5.41) is 3.41. The SMILES string of the molecule is c1ccc(Cc2nc(CN(C[C@H]3CCCO3)C[C@@H]3CCCO3)cs2)cc1. The summed E-state index contributed by atoms with van der Waals surface area (Å²) >= 11 is 1.77. The van der Waals surface area contributed by atoms with Crippen LogP contribution in [0.5, 0.6) is 0 Å². The van der Waals surface area contributed by atoms with Crippen LogP contribution in [0.25, 0.3) is 0 Å². The lowest BCUT2D eigenvalue weighted by Crippen LogP contribution is -2.37. The van der Waals surface area contributed by atoms with E-state index >= 15 is 0 Å². The molecule has 0 amide bonds. The van der Waals surface area contributed by atoms with E-state index in [1.54, 1.807) is 11.3 Å². The molecular formula is C21H28N2O2S. The first-order valence-electron chi connectivity index (χ1n) is 9.78. The van der Waals surface area contributed by atoms with Crippen LogP contribution in [0.2, 0.25) is 0 Å². The van der Waals surface area contributed by atoms with Crippen LogP contribution in [0.15, 0.2) is 35.7 Å². The Morgan fingerprint density at radius 1 is 1.00 bits per heavy atom. The third kappa shape index (κ3) is 5.13. The Morgan fingerprint density at radius 3 is 2.31 bits per heavy atom. The fourth-order valence-electron chi connectivity index (χ4n) is 3.86. The molecule has 2 atom stereocenters. The third-order valence-corrected chi connectivity index (χ3v) is 6.05. The second-order valence-electron chi connectivity index (χ2n) is 7.36. The molecule has 0 radical (unpaired) electrons. The second-order valence-corrected chi connectivity index (χ2v) is 8.30. The van der Waals surface area contributed by atoms with E-state index in [-0.39, 0.29) is 0 Å². The largest absolute Gasteiger partial charge is 0.377 e. The van der Waals surface area contributed by atoms with Crippen LogP contribution in [-0.4, -0.2) is 48.4 Å². The number of hydrogen-bond acceptors (Lipinski definition) is 5. The van der Waals surface area contributed by atoms with Gasteiger partial charge in [0.2, 0.25) is 0 Å². The number of aromatic nitrogens is 1. The van der Waals surface area contributed by atoms with Crippen LogP contribution >= 0.6 is 11.3 Å². The van der Waals surface area contributed by atoms with Crippen molar-refractivity contribution >= 4 is 11.3 Å². The molecule has 0 spiro atoms. The summed E-state index contributed by atoms with van der Waals surface area (Å²) in [4.78, 5) is 7.38. The van der Waals surface area contributed by atoms with Crippen LogP contribution in [0.3, 0.4) is 0 Å². The lowest BCUT2D eigenvalue weighted by Gasteiger charge is -2.26. The molecule has 2 aliphatic rings. The third-order valence-electron chi connectivity index (χ3n) is 5.15. The molecule has 0 unspecified atom stereocenters. The van der Waals surface area contributed by atoms with Gasteiger partial charge >= 0.3 is 0 Å². The van der Waals surface area contributed by atoms with Crippen molar-refractivity contribution in [3.8, 4) is 0 Å². The van der Waals surface area contributed by atoms with Crippen molar-refractivity contribution in [2.24, 2.45) is 0 Å². The van der Waals surface area contributed by atoms with Gasteiger partial charge in [0, 0.05) is 44.6 Å². The fourth-order valence-corrected chi connectivity index (χ4v) is 4.68. The van der Waals surface area contributed by atoms with Crippen molar-refractivity contribution < 1.29 is 9.47 Å². The Morgan fingerprint density at radius 2 is 1.69 bits per heavy atom. The van der Waals surface area contributed by atoms with Crippen LogP contribution in [0.1, 0.15) is 41.9 Å². The molecule has 2 aromatic rings. The molecule has 2 fully saturated rings. The predicted molar refractivity (Wildman–Crippen MR) is 105 cm³/mol. The first kappa shape index (κ1) is 18.1. The van der Waals surface area contributed by atoms with E-state index in [1.807, 2.05) is 0 Å². The van der Waals surface area contributed by atoms with Gasteiger partial charge in [0.05, 0.1) is 22.9 Å². The molecule has 0 bridgehead atoms. The average Bonchev–Trinajstić information content (AvgIpc) is 3.40. The fraction of sp³-hybridized carbons (Fsp3) is 0.571. The summed E-state index contributed by atoms with van der Waals surface area (Å²) in [6.45, 7) is 4.70. The summed E-state index contributed by atoms with van der Waals surface area (Å²) in [5.74, 6) is 0. The van der Waals surface area contributed by atoms with Crippen LogP contribution in [-0.2, 0) is 22.4 Å². The van der Waals surface area contributed by atoms with Gasteiger partial charge in [-0.2, -0.15) is 0 Å². The van der Waals surface area contributed by atoms with Gasteiger partial charge in [-0.25, -0.2) is 4.98 Å². The quantitative estimate of drug-likeness (QED) is 0.704. The maximum atomic E-state index is 5.87. The van der Waals surface area contributed by atoms with Crippen molar-refractivity contribution in [1.29, 1.82) is 0 Å². The zero-order chi connectivity index (χ0) is 17.6. The summed E-state index contributed by atoms with van der Waals surface area (Å²) in [6.07, 6.45) is 6.41. The average molecular weight is 373 g/mol. The molecule has 4 nitrogen and oxygen atoms in total. The van der Waals surface area contributed by atoms with E-state index in [0.717, 1.165) is 39.3 Å². The molecule has 0 saturated carbocycles. The normalized spacial score (nSPS) is 23.1. The van der Waals surface area contributed by atoms with Gasteiger partial charge < -0.3 is 9.47 Å². The van der Waals surface area contributed by atoms with Gasteiger partial charge in [0.25, 0.3) is 0 Å². The Labute approximate surface area is 160 Å². The maximum Gasteiger partial charge on any atom is 0.0972 e. The van der Waals surface area contributed by atoms with Crippen molar-refractivity contribution in [2.75, 3.05) is 26.3 Å². The van der Waals surface area contributed by atoms with Gasteiger partial charge in [-0.05, 0) is 31.2 Å². The van der Waals surface area contributed by atoms with Crippen LogP contribution in [0, 0.1) is 0 Å². The van der Waals surface area contributed by atoms with Crippen molar-refractivity contribution in [3.05, 3.63) is 52.0 Å². The predicted octanol–water partition coefficient (Wildman–Crippen LogP) is 3.89. The molecule has 5 heteroatoms. The van der Waals surface area contributed by atoms with Gasteiger partial charge in [0.15, 0.2) is 0 Å². The minimum Gasteiger partial charge on any atom is -0.377 e. The molecule has 0 aliphatic carbocycles. The zero-order valence-electron chi connectivity index (χ0n) is 15.3. The highest BCUT2D eigenvalue weighted by molar-refractivity contribution is 7.09. The summed E-state index contributed by atoms with van der Waals surface area (Å²) in [7, 11) is 0. The molecule has 2 saturated heterocycles. The number of rotatable bonds is 8. The Hall–Kier alpha value is -1.27. The minimum absolute atomic E-state index is 0.374. The molecule has 3 heterocycles. The van der Waals surface area contributed by atoms with E-state index in [2.05, 4.69) is 40.6 Å². The first-order valence-corrected chi connectivity index (χ1v) is 10.7. The number of nitrogens with zero attached hydrogens (tertiary/aromatic N) is 2. The van der Waals surface area contributed by atoms with Gasteiger partial charge in [-0.3, -0.25) is 4.90 Å². The first-order chi connectivity index (χ1) is 12.8. The Bertz CT molecular complexity index is 646. The van der Waals surface area contributed by atoms with Gasteiger partial charge in [-0.15, -0.1) is 11.3 Å². The van der Waals surface area contributed by atoms with Crippen LogP contribution in [0.4, 0.5) is 0 Å². The molecule has 140 valence electrons. The monoisotopic (exact) mass is 372 g/mol. The minimum atomic E-state index is 0.374. The molecule has 1 aromatic heterocycles. The number of ether oxygens (including phenoxy) is 2. The Balaban J connectivity index is 1.37.